The van der Waals surface area contributed by atoms with Crippen LogP contribution in [0.3, 0.4) is 0 Å². The molecule has 1 aliphatic heterocycles. The Morgan fingerprint density at radius 2 is 1.96 bits per heavy atom. The van der Waals surface area contributed by atoms with Crippen LogP contribution < -0.4 is 4.74 Å². The fourth-order valence-electron chi connectivity index (χ4n) is 3.68. The van der Waals surface area contributed by atoms with E-state index in [9.17, 15) is 0 Å². The maximum absolute atomic E-state index is 6.19. The van der Waals surface area contributed by atoms with E-state index in [1.165, 1.54) is 5.56 Å². The summed E-state index contributed by atoms with van der Waals surface area (Å²) in [4.78, 5) is 4.85. The lowest BCUT2D eigenvalue weighted by Crippen LogP contribution is -2.14. The molecule has 3 aromatic rings. The van der Waals surface area contributed by atoms with Gasteiger partial charge in [-0.25, -0.2) is 4.98 Å². The Kier molecular flexibility index (Phi) is 5.39. The largest absolute Gasteiger partial charge is 0.477 e. The second-order valence-electron chi connectivity index (χ2n) is 7.22. The summed E-state index contributed by atoms with van der Waals surface area (Å²) in [5.41, 5.74) is 5.35. The van der Waals surface area contributed by atoms with Crippen LogP contribution in [0.15, 0.2) is 36.4 Å². The molecular weight excluding hydrogens is 338 g/mol. The van der Waals surface area contributed by atoms with Crippen molar-refractivity contribution < 1.29 is 9.47 Å². The van der Waals surface area contributed by atoms with Crippen molar-refractivity contribution in [3.8, 4) is 5.88 Å². The minimum absolute atomic E-state index is 0.442. The van der Waals surface area contributed by atoms with Crippen molar-refractivity contribution in [2.75, 3.05) is 19.8 Å². The molecule has 0 amide bonds. The van der Waals surface area contributed by atoms with Gasteiger partial charge in [0.15, 0.2) is 5.65 Å². The van der Waals surface area contributed by atoms with Crippen LogP contribution >= 0.6 is 0 Å². The van der Waals surface area contributed by atoms with Crippen LogP contribution in [0.25, 0.3) is 5.65 Å². The summed E-state index contributed by atoms with van der Waals surface area (Å²) in [5, 5.41) is 4.91. The third-order valence-electron chi connectivity index (χ3n) is 5.19. The van der Waals surface area contributed by atoms with Gasteiger partial charge in [-0.15, -0.1) is 0 Å². The highest BCUT2D eigenvalue weighted by Gasteiger charge is 2.22. The molecule has 0 saturated carbocycles. The first-order valence-corrected chi connectivity index (χ1v) is 9.90. The first kappa shape index (κ1) is 18.0. The molecule has 4 rings (SSSR count). The molecule has 5 heteroatoms. The highest BCUT2D eigenvalue weighted by Crippen LogP contribution is 2.30. The van der Waals surface area contributed by atoms with Crippen molar-refractivity contribution in [1.82, 2.24) is 14.6 Å². The van der Waals surface area contributed by atoms with Gasteiger partial charge in [-0.3, -0.25) is 0 Å². The summed E-state index contributed by atoms with van der Waals surface area (Å²) in [6, 6.07) is 12.6. The predicted octanol–water partition coefficient (Wildman–Crippen LogP) is 4.31. The van der Waals surface area contributed by atoms with E-state index in [0.717, 1.165) is 67.4 Å². The Bertz CT molecular complexity index is 899. The molecule has 0 unspecified atom stereocenters. The molecule has 0 bridgehead atoms. The number of hydrogen-bond acceptors (Lipinski definition) is 4. The average molecular weight is 365 g/mol. The summed E-state index contributed by atoms with van der Waals surface area (Å²) in [6.07, 6.45) is 3.79. The fraction of sp³-hybridized carbons (Fsp3) is 0.455. The molecule has 0 aliphatic carbocycles. The van der Waals surface area contributed by atoms with Crippen LogP contribution in [0, 0.1) is 6.92 Å². The van der Waals surface area contributed by atoms with Crippen LogP contribution in [0.4, 0.5) is 0 Å². The maximum atomic E-state index is 6.19. The van der Waals surface area contributed by atoms with E-state index in [1.54, 1.807) is 0 Å². The molecular formula is C22H27N3O2. The topological polar surface area (TPSA) is 48.7 Å². The van der Waals surface area contributed by atoms with Gasteiger partial charge < -0.3 is 9.47 Å². The highest BCUT2D eigenvalue weighted by atomic mass is 16.5. The molecule has 0 atom stereocenters. The van der Waals surface area contributed by atoms with Crippen molar-refractivity contribution in [3.63, 3.8) is 0 Å². The highest BCUT2D eigenvalue weighted by molar-refractivity contribution is 5.49. The first-order chi connectivity index (χ1) is 13.3. The molecule has 1 fully saturated rings. The first-order valence-electron chi connectivity index (χ1n) is 9.90. The normalized spacial score (nSPS) is 15.3. The smallest absolute Gasteiger partial charge is 0.221 e. The van der Waals surface area contributed by atoms with Crippen LogP contribution in [-0.4, -0.2) is 34.4 Å². The maximum Gasteiger partial charge on any atom is 0.221 e. The van der Waals surface area contributed by atoms with E-state index < -0.39 is 0 Å². The van der Waals surface area contributed by atoms with Gasteiger partial charge in [-0.1, -0.05) is 37.3 Å². The van der Waals surface area contributed by atoms with Gasteiger partial charge in [-0.05, 0) is 31.7 Å². The molecule has 1 aromatic carbocycles. The lowest BCUT2D eigenvalue weighted by molar-refractivity contribution is 0.0844. The van der Waals surface area contributed by atoms with E-state index >= 15 is 0 Å². The predicted molar refractivity (Wildman–Crippen MR) is 106 cm³/mol. The molecule has 27 heavy (non-hydrogen) atoms. The number of ether oxygens (including phenoxy) is 2. The monoisotopic (exact) mass is 365 g/mol. The van der Waals surface area contributed by atoms with Crippen molar-refractivity contribution in [1.29, 1.82) is 0 Å². The van der Waals surface area contributed by atoms with Gasteiger partial charge >= 0.3 is 0 Å². The molecule has 5 nitrogen and oxygen atoms in total. The summed E-state index contributed by atoms with van der Waals surface area (Å²) in [5.74, 6) is 1.28. The van der Waals surface area contributed by atoms with Crippen LogP contribution in [-0.2, 0) is 11.2 Å². The average Bonchev–Trinajstić information content (AvgIpc) is 3.13. The number of nitrogens with zero attached hydrogens (tertiary/aromatic N) is 3. The third kappa shape index (κ3) is 3.83. The molecule has 0 N–H and O–H groups in total. The number of aryl methyl sites for hydroxylation is 1. The number of fused-ring (bicyclic) bond motifs is 1. The molecule has 1 saturated heterocycles. The fourth-order valence-corrected chi connectivity index (χ4v) is 3.68. The van der Waals surface area contributed by atoms with Gasteiger partial charge in [0.2, 0.25) is 5.88 Å². The zero-order valence-electron chi connectivity index (χ0n) is 16.1. The molecule has 3 heterocycles. The molecule has 0 spiro atoms. The minimum atomic E-state index is 0.442. The second kappa shape index (κ2) is 8.09. The zero-order chi connectivity index (χ0) is 18.6. The summed E-state index contributed by atoms with van der Waals surface area (Å²) in [7, 11) is 0. The summed E-state index contributed by atoms with van der Waals surface area (Å²) in [6.45, 7) is 6.48. The Balaban J connectivity index is 1.77. The number of benzene rings is 1. The SMILES string of the molecule is CCCOc1c(Cc2ccccc2)c(C)nc2cc(C3CCOCC3)nn12. The third-order valence-corrected chi connectivity index (χ3v) is 5.19. The van der Waals surface area contributed by atoms with Gasteiger partial charge in [0.1, 0.15) is 0 Å². The Labute approximate surface area is 160 Å². The summed E-state index contributed by atoms with van der Waals surface area (Å²) < 4.78 is 13.6. The minimum Gasteiger partial charge on any atom is -0.477 e. The molecule has 2 aromatic heterocycles. The number of aromatic nitrogens is 3. The molecule has 142 valence electrons. The van der Waals surface area contributed by atoms with Crippen LogP contribution in [0.5, 0.6) is 5.88 Å². The van der Waals surface area contributed by atoms with Crippen molar-refractivity contribution >= 4 is 5.65 Å². The van der Waals surface area contributed by atoms with Gasteiger partial charge in [-0.2, -0.15) is 9.61 Å². The lowest BCUT2D eigenvalue weighted by Gasteiger charge is -2.19. The van der Waals surface area contributed by atoms with E-state index in [4.69, 9.17) is 19.6 Å². The lowest BCUT2D eigenvalue weighted by atomic mass is 9.97. The van der Waals surface area contributed by atoms with Crippen molar-refractivity contribution in [2.45, 2.75) is 45.4 Å². The van der Waals surface area contributed by atoms with Crippen LogP contribution in [0.2, 0.25) is 0 Å². The Morgan fingerprint density at radius 1 is 1.19 bits per heavy atom. The molecule has 1 aliphatic rings. The van der Waals surface area contributed by atoms with Crippen molar-refractivity contribution in [3.05, 3.63) is 58.9 Å². The van der Waals surface area contributed by atoms with Crippen LogP contribution in [0.1, 0.15) is 54.6 Å². The zero-order valence-corrected chi connectivity index (χ0v) is 16.1. The van der Waals surface area contributed by atoms with Gasteiger partial charge in [0, 0.05) is 42.9 Å². The van der Waals surface area contributed by atoms with E-state index in [0.29, 0.717) is 12.5 Å². The van der Waals surface area contributed by atoms with Gasteiger partial charge in [0.25, 0.3) is 0 Å². The standard InChI is InChI=1S/C22H27N3O2/c1-3-11-27-22-19(14-17-7-5-4-6-8-17)16(2)23-21-15-20(24-25(21)22)18-9-12-26-13-10-18/h4-8,15,18H,3,9-14H2,1-2H3. The molecule has 0 radical (unpaired) electrons. The van der Waals surface area contributed by atoms with Crippen molar-refractivity contribution in [2.24, 2.45) is 0 Å². The number of rotatable bonds is 6. The Morgan fingerprint density at radius 3 is 2.70 bits per heavy atom. The van der Waals surface area contributed by atoms with Gasteiger partial charge in [0.05, 0.1) is 12.3 Å². The van der Waals surface area contributed by atoms with E-state index in [2.05, 4.69) is 44.2 Å². The Hall–Kier alpha value is -2.40. The van der Waals surface area contributed by atoms with E-state index in [1.807, 2.05) is 10.6 Å². The van der Waals surface area contributed by atoms with E-state index in [-0.39, 0.29) is 0 Å². The number of hydrogen-bond donors (Lipinski definition) is 0. The second-order valence-corrected chi connectivity index (χ2v) is 7.22. The quantitative estimate of drug-likeness (QED) is 0.653. The summed E-state index contributed by atoms with van der Waals surface area (Å²) >= 11 is 0.